The van der Waals surface area contributed by atoms with Gasteiger partial charge in [0.15, 0.2) is 0 Å². The topological polar surface area (TPSA) is 25.2 Å². The first-order chi connectivity index (χ1) is 7.20. The van der Waals surface area contributed by atoms with Gasteiger partial charge in [0, 0.05) is 11.6 Å². The summed E-state index contributed by atoms with van der Waals surface area (Å²) in [6.45, 7) is 4.08. The highest BCUT2D eigenvalue weighted by atomic mass is 16.3. The molecule has 1 fully saturated rings. The third-order valence-electron chi connectivity index (χ3n) is 3.36. The van der Waals surface area contributed by atoms with Crippen molar-refractivity contribution in [1.82, 2.24) is 5.32 Å². The molecule has 0 radical (unpaired) electrons. The fourth-order valence-corrected chi connectivity index (χ4v) is 2.26. The van der Waals surface area contributed by atoms with Crippen LogP contribution in [0.15, 0.2) is 10.5 Å². The van der Waals surface area contributed by atoms with Crippen molar-refractivity contribution in [2.75, 3.05) is 7.05 Å². The van der Waals surface area contributed by atoms with Crippen LogP contribution in [0.25, 0.3) is 0 Å². The van der Waals surface area contributed by atoms with Crippen molar-refractivity contribution in [2.24, 2.45) is 5.92 Å². The molecule has 0 amide bonds. The fourth-order valence-electron chi connectivity index (χ4n) is 2.26. The Morgan fingerprint density at radius 2 is 2.20 bits per heavy atom. The number of furan rings is 1. The summed E-state index contributed by atoms with van der Waals surface area (Å²) in [5, 5.41) is 3.40. The molecule has 0 aliphatic heterocycles. The molecule has 1 aromatic rings. The van der Waals surface area contributed by atoms with Crippen LogP contribution in [-0.2, 0) is 0 Å². The summed E-state index contributed by atoms with van der Waals surface area (Å²) >= 11 is 0. The molecule has 1 N–H and O–H groups in total. The van der Waals surface area contributed by atoms with Crippen LogP contribution in [0.4, 0.5) is 0 Å². The molecule has 0 saturated heterocycles. The molecule has 1 heterocycles. The number of aryl methyl sites for hydroxylation is 2. The van der Waals surface area contributed by atoms with Crippen molar-refractivity contribution in [3.63, 3.8) is 0 Å². The Morgan fingerprint density at radius 3 is 2.67 bits per heavy atom. The average Bonchev–Trinajstić information content (AvgIpc) is 2.95. The van der Waals surface area contributed by atoms with Gasteiger partial charge in [0.2, 0.25) is 0 Å². The van der Waals surface area contributed by atoms with E-state index in [1.807, 2.05) is 14.0 Å². The maximum absolute atomic E-state index is 5.58. The van der Waals surface area contributed by atoms with Gasteiger partial charge in [-0.3, -0.25) is 0 Å². The maximum Gasteiger partial charge on any atom is 0.105 e. The van der Waals surface area contributed by atoms with Gasteiger partial charge in [-0.2, -0.15) is 0 Å². The molecule has 84 valence electrons. The van der Waals surface area contributed by atoms with Crippen LogP contribution in [-0.4, -0.2) is 7.05 Å². The molecule has 2 nitrogen and oxygen atoms in total. The van der Waals surface area contributed by atoms with Gasteiger partial charge in [-0.1, -0.05) is 12.8 Å². The van der Waals surface area contributed by atoms with Gasteiger partial charge in [0.05, 0.1) is 0 Å². The van der Waals surface area contributed by atoms with Crippen molar-refractivity contribution in [3.8, 4) is 0 Å². The number of hydrogen-bond acceptors (Lipinski definition) is 2. The number of hydrogen-bond donors (Lipinski definition) is 1. The molecule has 1 atom stereocenters. The van der Waals surface area contributed by atoms with E-state index in [1.165, 1.54) is 31.2 Å². The molecule has 0 bridgehead atoms. The van der Waals surface area contributed by atoms with E-state index in [-0.39, 0.29) is 0 Å². The van der Waals surface area contributed by atoms with E-state index in [2.05, 4.69) is 18.3 Å². The zero-order chi connectivity index (χ0) is 10.8. The van der Waals surface area contributed by atoms with Gasteiger partial charge in [-0.15, -0.1) is 0 Å². The number of rotatable bonds is 5. The minimum Gasteiger partial charge on any atom is -0.466 e. The van der Waals surface area contributed by atoms with Gasteiger partial charge in [0.1, 0.15) is 11.5 Å². The van der Waals surface area contributed by atoms with Crippen LogP contribution in [0, 0.1) is 19.8 Å². The normalized spacial score (nSPS) is 18.1. The fraction of sp³-hybridized carbons (Fsp3) is 0.692. The standard InChI is InChI=1S/C13H21NO/c1-9-8-12(10(2)15-9)13(14-3)7-6-11-4-5-11/h8,11,13-14H,4-7H2,1-3H3. The van der Waals surface area contributed by atoms with Gasteiger partial charge >= 0.3 is 0 Å². The Morgan fingerprint density at radius 1 is 1.47 bits per heavy atom. The molecule has 0 aromatic carbocycles. The lowest BCUT2D eigenvalue weighted by Crippen LogP contribution is -2.16. The van der Waals surface area contributed by atoms with Crippen LogP contribution >= 0.6 is 0 Å². The van der Waals surface area contributed by atoms with E-state index in [0.717, 1.165) is 17.4 Å². The minimum atomic E-state index is 0.475. The maximum atomic E-state index is 5.58. The Balaban J connectivity index is 2.00. The molecule has 0 spiro atoms. The van der Waals surface area contributed by atoms with Gasteiger partial charge in [0.25, 0.3) is 0 Å². The quantitative estimate of drug-likeness (QED) is 0.801. The van der Waals surface area contributed by atoms with E-state index in [4.69, 9.17) is 4.42 Å². The second-order valence-corrected chi connectivity index (χ2v) is 4.73. The third-order valence-corrected chi connectivity index (χ3v) is 3.36. The van der Waals surface area contributed by atoms with Crippen LogP contribution in [0.1, 0.15) is 48.8 Å². The van der Waals surface area contributed by atoms with E-state index < -0.39 is 0 Å². The molecule has 15 heavy (non-hydrogen) atoms. The molecule has 1 aromatic heterocycles. The highest BCUT2D eigenvalue weighted by molar-refractivity contribution is 5.24. The van der Waals surface area contributed by atoms with Crippen molar-refractivity contribution in [3.05, 3.63) is 23.2 Å². The summed E-state index contributed by atoms with van der Waals surface area (Å²) in [6, 6.07) is 2.65. The van der Waals surface area contributed by atoms with Crippen molar-refractivity contribution >= 4 is 0 Å². The first kappa shape index (κ1) is 10.7. The summed E-state index contributed by atoms with van der Waals surface area (Å²) in [5.74, 6) is 3.10. The zero-order valence-corrected chi connectivity index (χ0v) is 9.97. The van der Waals surface area contributed by atoms with Crippen molar-refractivity contribution in [2.45, 2.75) is 45.6 Å². The second-order valence-electron chi connectivity index (χ2n) is 4.73. The number of nitrogens with one attached hydrogen (secondary N) is 1. The Bertz CT molecular complexity index is 325. The summed E-state index contributed by atoms with van der Waals surface area (Å²) in [7, 11) is 2.04. The highest BCUT2D eigenvalue weighted by Gasteiger charge is 2.23. The molecular weight excluding hydrogens is 186 g/mol. The molecule has 1 aliphatic carbocycles. The van der Waals surface area contributed by atoms with Gasteiger partial charge in [-0.25, -0.2) is 0 Å². The first-order valence-electron chi connectivity index (χ1n) is 5.95. The van der Waals surface area contributed by atoms with Crippen molar-refractivity contribution < 1.29 is 4.42 Å². The van der Waals surface area contributed by atoms with Gasteiger partial charge < -0.3 is 9.73 Å². The molecule has 2 heteroatoms. The molecule has 2 rings (SSSR count). The molecule has 1 unspecified atom stereocenters. The lowest BCUT2D eigenvalue weighted by atomic mass is 10.0. The van der Waals surface area contributed by atoms with Crippen LogP contribution in [0.2, 0.25) is 0 Å². The van der Waals surface area contributed by atoms with Crippen LogP contribution in [0.3, 0.4) is 0 Å². The van der Waals surface area contributed by atoms with Crippen LogP contribution < -0.4 is 5.32 Å². The van der Waals surface area contributed by atoms with E-state index in [9.17, 15) is 0 Å². The van der Waals surface area contributed by atoms with Crippen molar-refractivity contribution in [1.29, 1.82) is 0 Å². The third kappa shape index (κ3) is 2.63. The lowest BCUT2D eigenvalue weighted by molar-refractivity contribution is 0.472. The SMILES string of the molecule is CNC(CCC1CC1)c1cc(C)oc1C. The molecular formula is C13H21NO. The molecule has 1 aliphatic rings. The van der Waals surface area contributed by atoms with Gasteiger partial charge in [-0.05, 0) is 45.7 Å². The lowest BCUT2D eigenvalue weighted by Gasteiger charge is -2.15. The first-order valence-corrected chi connectivity index (χ1v) is 5.95. The summed E-state index contributed by atoms with van der Waals surface area (Å²) < 4.78 is 5.58. The predicted molar refractivity (Wildman–Crippen MR) is 61.9 cm³/mol. The van der Waals surface area contributed by atoms with E-state index in [0.29, 0.717) is 6.04 Å². The molecule has 1 saturated carbocycles. The second kappa shape index (κ2) is 4.40. The Kier molecular flexibility index (Phi) is 3.15. The largest absolute Gasteiger partial charge is 0.466 e. The highest BCUT2D eigenvalue weighted by Crippen LogP contribution is 2.36. The van der Waals surface area contributed by atoms with E-state index >= 15 is 0 Å². The predicted octanol–water partition coefficient (Wildman–Crippen LogP) is 3.35. The summed E-state index contributed by atoms with van der Waals surface area (Å²) in [5.41, 5.74) is 1.34. The van der Waals surface area contributed by atoms with E-state index in [1.54, 1.807) is 0 Å². The monoisotopic (exact) mass is 207 g/mol. The minimum absolute atomic E-state index is 0.475. The Hall–Kier alpha value is -0.760. The smallest absolute Gasteiger partial charge is 0.105 e. The average molecular weight is 207 g/mol. The zero-order valence-electron chi connectivity index (χ0n) is 9.97. The summed E-state index contributed by atoms with van der Waals surface area (Å²) in [4.78, 5) is 0. The Labute approximate surface area is 92.1 Å². The van der Waals surface area contributed by atoms with Crippen LogP contribution in [0.5, 0.6) is 0 Å². The summed E-state index contributed by atoms with van der Waals surface area (Å²) in [6.07, 6.45) is 5.48.